The molecule has 2 nitrogen and oxygen atoms in total. The first-order chi connectivity index (χ1) is 11.7. The number of halogens is 3. The summed E-state index contributed by atoms with van der Waals surface area (Å²) in [5.41, 5.74) is -2.11. The fourth-order valence-corrected chi connectivity index (χ4v) is 4.23. The van der Waals surface area contributed by atoms with Crippen molar-refractivity contribution < 1.29 is 17.2 Å². The molecule has 0 amide bonds. The van der Waals surface area contributed by atoms with Crippen LogP contribution in [0.2, 0.25) is 5.02 Å². The molecule has 2 aromatic carbocycles. The highest BCUT2D eigenvalue weighted by Crippen LogP contribution is 2.46. The van der Waals surface area contributed by atoms with Gasteiger partial charge in [-0.05, 0) is 35.4 Å². The number of sulfone groups is 1. The van der Waals surface area contributed by atoms with Crippen LogP contribution in [-0.2, 0) is 20.3 Å². The van der Waals surface area contributed by atoms with Gasteiger partial charge in [-0.15, -0.1) is 0 Å². The van der Waals surface area contributed by atoms with Crippen LogP contribution in [0.3, 0.4) is 0 Å². The van der Waals surface area contributed by atoms with E-state index in [1.165, 1.54) is 42.5 Å². The molecule has 0 aromatic heterocycles. The highest BCUT2D eigenvalue weighted by molar-refractivity contribution is 7.92. The Bertz CT molecular complexity index is 953. The summed E-state index contributed by atoms with van der Waals surface area (Å²) in [7, 11) is -3.83. The van der Waals surface area contributed by atoms with Gasteiger partial charge in [0.25, 0.3) is 0 Å². The first-order valence-corrected chi connectivity index (χ1v) is 9.75. The van der Waals surface area contributed by atoms with E-state index in [1.807, 2.05) is 0 Å². The van der Waals surface area contributed by atoms with E-state index >= 15 is 4.39 Å². The minimum absolute atomic E-state index is 0.0956. The van der Waals surface area contributed by atoms with Gasteiger partial charge in [-0.1, -0.05) is 60.1 Å². The van der Waals surface area contributed by atoms with E-state index in [1.54, 1.807) is 18.2 Å². The predicted octanol–water partition coefficient (Wildman–Crippen LogP) is 4.87. The number of hydrogen-bond donors (Lipinski definition) is 0. The largest absolute Gasteiger partial charge is 0.228 e. The first kappa shape index (κ1) is 17.8. The summed E-state index contributed by atoms with van der Waals surface area (Å²) in [4.78, 5) is 0. The van der Waals surface area contributed by atoms with E-state index < -0.39 is 26.1 Å². The SMILES string of the molecule is CS(=O)(=O)C1(c2ccc(Cl)cc2)C=CC(F)(c2ccccc2)C(F)=C1. The molecule has 2 atom stereocenters. The Balaban J connectivity index is 2.19. The van der Waals surface area contributed by atoms with Crippen LogP contribution in [0.5, 0.6) is 0 Å². The maximum absolute atomic E-state index is 15.3. The van der Waals surface area contributed by atoms with Gasteiger partial charge in [-0.3, -0.25) is 0 Å². The van der Waals surface area contributed by atoms with Gasteiger partial charge in [0, 0.05) is 11.3 Å². The number of benzene rings is 2. The van der Waals surface area contributed by atoms with Gasteiger partial charge in [0.15, 0.2) is 9.84 Å². The Kier molecular flexibility index (Phi) is 4.33. The molecule has 3 rings (SSSR count). The van der Waals surface area contributed by atoms with Crippen molar-refractivity contribution >= 4 is 21.4 Å². The van der Waals surface area contributed by atoms with Crippen LogP contribution in [0.25, 0.3) is 0 Å². The van der Waals surface area contributed by atoms with E-state index in [4.69, 9.17) is 11.6 Å². The summed E-state index contributed by atoms with van der Waals surface area (Å²) in [5, 5.41) is 0.417. The maximum atomic E-state index is 15.3. The van der Waals surface area contributed by atoms with Gasteiger partial charge in [0.1, 0.15) is 10.6 Å². The standard InChI is InChI=1S/C19H15ClF2O2S/c1-25(23,24)18(14-7-9-16(20)10-8-14)11-12-19(22,17(21)13-18)15-5-3-2-4-6-15/h2-13H,1H3. The molecular weight excluding hydrogens is 366 g/mol. The number of allylic oxidation sites excluding steroid dienone is 2. The van der Waals surface area contributed by atoms with Gasteiger partial charge in [0.05, 0.1) is 0 Å². The normalized spacial score (nSPS) is 26.3. The molecule has 0 saturated heterocycles. The monoisotopic (exact) mass is 380 g/mol. The van der Waals surface area contributed by atoms with Gasteiger partial charge in [-0.25, -0.2) is 17.2 Å². The zero-order valence-electron chi connectivity index (χ0n) is 13.3. The number of hydrogen-bond acceptors (Lipinski definition) is 2. The quantitative estimate of drug-likeness (QED) is 0.712. The molecule has 0 spiro atoms. The third kappa shape index (κ3) is 2.92. The molecule has 0 aliphatic heterocycles. The van der Waals surface area contributed by atoms with Crippen molar-refractivity contribution in [3.8, 4) is 0 Å². The number of alkyl halides is 1. The maximum Gasteiger partial charge on any atom is 0.205 e. The number of rotatable bonds is 3. The van der Waals surface area contributed by atoms with E-state index in [-0.39, 0.29) is 5.56 Å². The van der Waals surface area contributed by atoms with Gasteiger partial charge in [-0.2, -0.15) is 0 Å². The summed E-state index contributed by atoms with van der Waals surface area (Å²) in [5.74, 6) is -1.17. The Labute approximate surface area is 150 Å². The average molecular weight is 381 g/mol. The molecule has 0 bridgehead atoms. The molecule has 0 fully saturated rings. The van der Waals surface area contributed by atoms with Crippen LogP contribution in [-0.4, -0.2) is 14.7 Å². The Morgan fingerprint density at radius 1 is 0.920 bits per heavy atom. The van der Waals surface area contributed by atoms with E-state index in [0.29, 0.717) is 10.6 Å². The van der Waals surface area contributed by atoms with Crippen molar-refractivity contribution in [3.05, 3.63) is 94.8 Å². The minimum Gasteiger partial charge on any atom is -0.228 e. The van der Waals surface area contributed by atoms with Crippen LogP contribution in [0.15, 0.2) is 78.7 Å². The molecule has 2 aromatic rings. The van der Waals surface area contributed by atoms with Crippen molar-refractivity contribution in [2.24, 2.45) is 0 Å². The van der Waals surface area contributed by atoms with Crippen LogP contribution in [0.1, 0.15) is 11.1 Å². The summed E-state index contributed by atoms with van der Waals surface area (Å²) in [6.07, 6.45) is 3.98. The lowest BCUT2D eigenvalue weighted by Gasteiger charge is -2.33. The Morgan fingerprint density at radius 2 is 1.52 bits per heavy atom. The summed E-state index contributed by atoms with van der Waals surface area (Å²) in [6, 6.07) is 13.8. The summed E-state index contributed by atoms with van der Waals surface area (Å²) < 4.78 is 53.3. The van der Waals surface area contributed by atoms with Crippen molar-refractivity contribution in [3.63, 3.8) is 0 Å². The predicted molar refractivity (Wildman–Crippen MR) is 95.5 cm³/mol. The molecule has 1 aliphatic carbocycles. The Morgan fingerprint density at radius 3 is 2.04 bits per heavy atom. The highest BCUT2D eigenvalue weighted by atomic mass is 35.5. The molecule has 0 N–H and O–H groups in total. The van der Waals surface area contributed by atoms with Crippen LogP contribution in [0.4, 0.5) is 8.78 Å². The van der Waals surface area contributed by atoms with Crippen LogP contribution < -0.4 is 0 Å². The zero-order chi connectivity index (χ0) is 18.3. The average Bonchev–Trinajstić information content (AvgIpc) is 2.58. The second-order valence-electron chi connectivity index (χ2n) is 5.98. The van der Waals surface area contributed by atoms with Crippen molar-refractivity contribution in [2.75, 3.05) is 6.26 Å². The second-order valence-corrected chi connectivity index (χ2v) is 8.63. The lowest BCUT2D eigenvalue weighted by atomic mass is 9.84. The summed E-state index contributed by atoms with van der Waals surface area (Å²) in [6.45, 7) is 0. The lowest BCUT2D eigenvalue weighted by molar-refractivity contribution is 0.232. The Hall–Kier alpha value is -1.98. The fraction of sp³-hybridized carbons (Fsp3) is 0.158. The van der Waals surface area contributed by atoms with Crippen molar-refractivity contribution in [1.82, 2.24) is 0 Å². The topological polar surface area (TPSA) is 34.1 Å². The molecule has 0 heterocycles. The molecule has 0 saturated carbocycles. The molecule has 0 radical (unpaired) electrons. The second kappa shape index (κ2) is 6.07. The summed E-state index contributed by atoms with van der Waals surface area (Å²) >= 11 is 5.85. The molecular formula is C19H15ClF2O2S. The molecule has 6 heteroatoms. The third-order valence-corrected chi connectivity index (χ3v) is 6.32. The van der Waals surface area contributed by atoms with Crippen LogP contribution >= 0.6 is 11.6 Å². The fourth-order valence-electron chi connectivity index (χ4n) is 2.91. The lowest BCUT2D eigenvalue weighted by Crippen LogP contribution is -2.36. The molecule has 130 valence electrons. The minimum atomic E-state index is -3.83. The third-order valence-electron chi connectivity index (χ3n) is 4.35. The van der Waals surface area contributed by atoms with E-state index in [2.05, 4.69) is 0 Å². The molecule has 25 heavy (non-hydrogen) atoms. The van der Waals surface area contributed by atoms with Crippen molar-refractivity contribution in [2.45, 2.75) is 10.4 Å². The van der Waals surface area contributed by atoms with Gasteiger partial charge in [0.2, 0.25) is 5.67 Å². The van der Waals surface area contributed by atoms with Crippen LogP contribution in [0, 0.1) is 0 Å². The van der Waals surface area contributed by atoms with E-state index in [0.717, 1.165) is 18.4 Å². The first-order valence-electron chi connectivity index (χ1n) is 7.48. The molecule has 1 aliphatic rings. The molecule has 2 unspecified atom stereocenters. The van der Waals surface area contributed by atoms with E-state index in [9.17, 15) is 12.8 Å². The van der Waals surface area contributed by atoms with Crippen molar-refractivity contribution in [1.29, 1.82) is 0 Å². The zero-order valence-corrected chi connectivity index (χ0v) is 14.9. The van der Waals surface area contributed by atoms with Gasteiger partial charge >= 0.3 is 0 Å². The highest BCUT2D eigenvalue weighted by Gasteiger charge is 2.47. The van der Waals surface area contributed by atoms with Gasteiger partial charge < -0.3 is 0 Å². The smallest absolute Gasteiger partial charge is 0.205 e.